The highest BCUT2D eigenvalue weighted by molar-refractivity contribution is 9.10. The van der Waals surface area contributed by atoms with Crippen LogP contribution in [0.15, 0.2) is 16.6 Å². The van der Waals surface area contributed by atoms with Crippen LogP contribution in [-0.2, 0) is 9.53 Å². The van der Waals surface area contributed by atoms with E-state index in [2.05, 4.69) is 33.5 Å². The Morgan fingerprint density at radius 3 is 2.85 bits per heavy atom. The van der Waals surface area contributed by atoms with Crippen molar-refractivity contribution in [3.63, 3.8) is 0 Å². The van der Waals surface area contributed by atoms with Gasteiger partial charge in [0.1, 0.15) is 18.4 Å². The summed E-state index contributed by atoms with van der Waals surface area (Å²) in [7, 11) is 1.77. The molecule has 0 spiro atoms. The molecule has 1 unspecified atom stereocenters. The molecule has 6 heteroatoms. The fraction of sp³-hybridized carbons (Fsp3) is 0.500. The zero-order chi connectivity index (χ0) is 14.5. The van der Waals surface area contributed by atoms with Gasteiger partial charge in [0.2, 0.25) is 5.91 Å². The van der Waals surface area contributed by atoms with Crippen molar-refractivity contribution in [3.8, 4) is 5.75 Å². The summed E-state index contributed by atoms with van der Waals surface area (Å²) in [5.41, 5.74) is 1.72. The van der Waals surface area contributed by atoms with E-state index in [0.717, 1.165) is 28.8 Å². The standard InChI is InChI=1S/C14H19BrN2O3/c1-3-4-19-5-6-20-12-8-11-9(7-10(12)15)13(16-2)14(18)17-11/h7-8,13,16H,3-6H2,1-2H3,(H,17,18). The zero-order valence-corrected chi connectivity index (χ0v) is 13.2. The number of amides is 1. The minimum Gasteiger partial charge on any atom is -0.490 e. The van der Waals surface area contributed by atoms with Crippen LogP contribution in [0.1, 0.15) is 24.9 Å². The van der Waals surface area contributed by atoms with E-state index in [9.17, 15) is 4.79 Å². The molecule has 1 aromatic carbocycles. The Balaban J connectivity index is 2.02. The quantitative estimate of drug-likeness (QED) is 0.747. The van der Waals surface area contributed by atoms with Gasteiger partial charge in [0.15, 0.2) is 0 Å². The number of rotatable bonds is 7. The first-order valence-corrected chi connectivity index (χ1v) is 7.48. The fourth-order valence-electron chi connectivity index (χ4n) is 2.12. The molecule has 0 radical (unpaired) electrons. The summed E-state index contributed by atoms with van der Waals surface area (Å²) in [6.07, 6.45) is 1.000. The summed E-state index contributed by atoms with van der Waals surface area (Å²) in [4.78, 5) is 11.8. The molecule has 1 aliphatic heterocycles. The van der Waals surface area contributed by atoms with E-state index in [-0.39, 0.29) is 11.9 Å². The molecule has 0 saturated heterocycles. The Hall–Kier alpha value is -1.11. The smallest absolute Gasteiger partial charge is 0.246 e. The molecular formula is C14H19BrN2O3. The molecule has 110 valence electrons. The van der Waals surface area contributed by atoms with Gasteiger partial charge >= 0.3 is 0 Å². The third kappa shape index (κ3) is 3.31. The lowest BCUT2D eigenvalue weighted by Crippen LogP contribution is -2.23. The van der Waals surface area contributed by atoms with Crippen LogP contribution in [-0.4, -0.2) is 32.8 Å². The van der Waals surface area contributed by atoms with E-state index < -0.39 is 0 Å². The Morgan fingerprint density at radius 1 is 1.35 bits per heavy atom. The van der Waals surface area contributed by atoms with E-state index in [1.807, 2.05) is 12.1 Å². The Kier molecular flexibility index (Phi) is 5.39. The molecule has 0 bridgehead atoms. The number of hydrogen-bond donors (Lipinski definition) is 2. The molecule has 0 aromatic heterocycles. The summed E-state index contributed by atoms with van der Waals surface area (Å²) in [6.45, 7) is 3.86. The topological polar surface area (TPSA) is 59.6 Å². The molecule has 1 aromatic rings. The molecule has 2 N–H and O–H groups in total. The number of nitrogens with one attached hydrogen (secondary N) is 2. The normalized spacial score (nSPS) is 16.9. The minimum absolute atomic E-state index is 0.0437. The third-order valence-corrected chi connectivity index (χ3v) is 3.68. The predicted octanol–water partition coefficient (Wildman–Crippen LogP) is 2.47. The van der Waals surface area contributed by atoms with Crippen LogP contribution in [0.25, 0.3) is 0 Å². The monoisotopic (exact) mass is 342 g/mol. The van der Waals surface area contributed by atoms with Gasteiger partial charge in [0.25, 0.3) is 0 Å². The average Bonchev–Trinajstić information content (AvgIpc) is 2.73. The Labute approximate surface area is 127 Å². The summed E-state index contributed by atoms with van der Waals surface area (Å²) < 4.78 is 11.9. The van der Waals surface area contributed by atoms with E-state index in [1.54, 1.807) is 7.05 Å². The summed E-state index contributed by atoms with van der Waals surface area (Å²) in [6, 6.07) is 3.45. The number of benzene rings is 1. The number of hydrogen-bond acceptors (Lipinski definition) is 4. The van der Waals surface area contributed by atoms with Crippen molar-refractivity contribution in [2.24, 2.45) is 0 Å². The second-order valence-electron chi connectivity index (χ2n) is 4.54. The fourth-order valence-corrected chi connectivity index (χ4v) is 2.59. The SMILES string of the molecule is CCCOCCOc1cc2c(cc1Br)C(NC)C(=O)N2. The van der Waals surface area contributed by atoms with E-state index in [0.29, 0.717) is 19.0 Å². The van der Waals surface area contributed by atoms with Crippen molar-refractivity contribution in [2.75, 3.05) is 32.2 Å². The van der Waals surface area contributed by atoms with Gasteiger partial charge in [-0.05, 0) is 35.5 Å². The maximum Gasteiger partial charge on any atom is 0.246 e. The van der Waals surface area contributed by atoms with Crippen LogP contribution in [0.2, 0.25) is 0 Å². The van der Waals surface area contributed by atoms with Gasteiger partial charge in [-0.2, -0.15) is 0 Å². The molecule has 0 saturated carbocycles. The van der Waals surface area contributed by atoms with Gasteiger partial charge in [-0.3, -0.25) is 4.79 Å². The highest BCUT2D eigenvalue weighted by atomic mass is 79.9. The van der Waals surface area contributed by atoms with Gasteiger partial charge in [0, 0.05) is 23.9 Å². The zero-order valence-electron chi connectivity index (χ0n) is 11.7. The number of halogens is 1. The van der Waals surface area contributed by atoms with Gasteiger partial charge in [-0.1, -0.05) is 6.92 Å². The van der Waals surface area contributed by atoms with Gasteiger partial charge in [0.05, 0.1) is 11.1 Å². The van der Waals surface area contributed by atoms with Crippen LogP contribution >= 0.6 is 15.9 Å². The first kappa shape index (κ1) is 15.3. The molecule has 2 rings (SSSR count). The molecule has 1 heterocycles. The number of carbonyl (C=O) groups is 1. The number of fused-ring (bicyclic) bond motifs is 1. The molecule has 1 amide bonds. The highest BCUT2D eigenvalue weighted by Gasteiger charge is 2.30. The predicted molar refractivity (Wildman–Crippen MR) is 81.2 cm³/mol. The number of anilines is 1. The molecule has 1 aliphatic rings. The van der Waals surface area contributed by atoms with Crippen LogP contribution in [0.4, 0.5) is 5.69 Å². The lowest BCUT2D eigenvalue weighted by atomic mass is 10.1. The first-order chi connectivity index (χ1) is 9.67. The first-order valence-electron chi connectivity index (χ1n) is 6.69. The van der Waals surface area contributed by atoms with Crippen LogP contribution in [0.5, 0.6) is 5.75 Å². The van der Waals surface area contributed by atoms with Gasteiger partial charge in [-0.15, -0.1) is 0 Å². The number of ether oxygens (including phenoxy) is 2. The molecule has 5 nitrogen and oxygen atoms in total. The molecule has 0 fully saturated rings. The van der Waals surface area contributed by atoms with Crippen molar-refractivity contribution in [1.82, 2.24) is 5.32 Å². The Morgan fingerprint density at radius 2 is 2.15 bits per heavy atom. The summed E-state index contributed by atoms with van der Waals surface area (Å²) >= 11 is 3.48. The van der Waals surface area contributed by atoms with Crippen molar-refractivity contribution >= 4 is 27.5 Å². The molecule has 20 heavy (non-hydrogen) atoms. The number of carbonyl (C=O) groups excluding carboxylic acids is 1. The van der Waals surface area contributed by atoms with Crippen LogP contribution < -0.4 is 15.4 Å². The largest absolute Gasteiger partial charge is 0.490 e. The number of likely N-dealkylation sites (N-methyl/N-ethyl adjacent to an activating group) is 1. The van der Waals surface area contributed by atoms with E-state index in [1.165, 1.54) is 0 Å². The van der Waals surface area contributed by atoms with Crippen molar-refractivity contribution in [3.05, 3.63) is 22.2 Å². The maximum atomic E-state index is 11.8. The van der Waals surface area contributed by atoms with Crippen molar-refractivity contribution in [2.45, 2.75) is 19.4 Å². The molecule has 0 aliphatic carbocycles. The van der Waals surface area contributed by atoms with Crippen LogP contribution in [0.3, 0.4) is 0 Å². The minimum atomic E-state index is -0.303. The van der Waals surface area contributed by atoms with Gasteiger partial charge < -0.3 is 20.1 Å². The Bertz CT molecular complexity index is 494. The van der Waals surface area contributed by atoms with Crippen molar-refractivity contribution in [1.29, 1.82) is 0 Å². The summed E-state index contributed by atoms with van der Waals surface area (Å²) in [5, 5.41) is 5.83. The van der Waals surface area contributed by atoms with Crippen molar-refractivity contribution < 1.29 is 14.3 Å². The average molecular weight is 343 g/mol. The van der Waals surface area contributed by atoms with Gasteiger partial charge in [-0.25, -0.2) is 0 Å². The lowest BCUT2D eigenvalue weighted by Gasteiger charge is -2.12. The molecule has 1 atom stereocenters. The van der Waals surface area contributed by atoms with Crippen LogP contribution in [0, 0.1) is 0 Å². The molecular weight excluding hydrogens is 324 g/mol. The second-order valence-corrected chi connectivity index (χ2v) is 5.40. The highest BCUT2D eigenvalue weighted by Crippen LogP contribution is 2.38. The summed E-state index contributed by atoms with van der Waals surface area (Å²) in [5.74, 6) is 0.665. The lowest BCUT2D eigenvalue weighted by molar-refractivity contribution is -0.117. The van der Waals surface area contributed by atoms with E-state index in [4.69, 9.17) is 9.47 Å². The second kappa shape index (κ2) is 7.06. The third-order valence-electron chi connectivity index (χ3n) is 3.06. The maximum absolute atomic E-state index is 11.8. The van der Waals surface area contributed by atoms with E-state index >= 15 is 0 Å².